The van der Waals surface area contributed by atoms with Crippen molar-refractivity contribution in [3.63, 3.8) is 0 Å². The third-order valence-corrected chi connectivity index (χ3v) is 3.04. The summed E-state index contributed by atoms with van der Waals surface area (Å²) in [5.41, 5.74) is 2.87. The topological polar surface area (TPSA) is 77.0 Å². The fourth-order valence-electron chi connectivity index (χ4n) is 1.29. The molecule has 0 fully saturated rings. The van der Waals surface area contributed by atoms with Crippen molar-refractivity contribution < 1.29 is 9.53 Å². The van der Waals surface area contributed by atoms with Crippen LogP contribution in [-0.2, 0) is 0 Å². The molecule has 0 saturated heterocycles. The maximum Gasteiger partial charge on any atom is 0.316 e. The van der Waals surface area contributed by atoms with E-state index < -0.39 is 0 Å². The summed E-state index contributed by atoms with van der Waals surface area (Å²) in [5, 5.41) is 2.71. The van der Waals surface area contributed by atoms with E-state index in [-0.39, 0.29) is 5.91 Å². The Bertz CT molecular complexity index is 538. The van der Waals surface area contributed by atoms with Crippen LogP contribution in [0.25, 0.3) is 0 Å². The van der Waals surface area contributed by atoms with Gasteiger partial charge in [-0.15, -0.1) is 11.3 Å². The minimum atomic E-state index is -0.206. The van der Waals surface area contributed by atoms with Gasteiger partial charge in [0, 0.05) is 0 Å². The second-order valence-electron chi connectivity index (χ2n) is 3.41. The van der Waals surface area contributed by atoms with Gasteiger partial charge in [0.15, 0.2) is 0 Å². The molecule has 0 unspecified atom stereocenters. The second-order valence-corrected chi connectivity index (χ2v) is 4.26. The van der Waals surface area contributed by atoms with Crippen LogP contribution < -0.4 is 10.1 Å². The first-order valence-corrected chi connectivity index (χ1v) is 6.25. The number of nitrogens with one attached hydrogen (secondary N) is 1. The van der Waals surface area contributed by atoms with Crippen LogP contribution in [-0.4, -0.2) is 27.5 Å². The number of aromatic nitrogens is 3. The molecule has 7 heteroatoms. The molecule has 0 atom stereocenters. The Hall–Kier alpha value is -2.02. The highest BCUT2D eigenvalue weighted by Gasteiger charge is 2.12. The average Bonchev–Trinajstić information content (AvgIpc) is 2.78. The Morgan fingerprint density at radius 3 is 2.67 bits per heavy atom. The number of carbonyl (C=O) groups excluding carboxylic acids is 1. The van der Waals surface area contributed by atoms with Gasteiger partial charge in [0.25, 0.3) is 5.91 Å². The van der Waals surface area contributed by atoms with Crippen LogP contribution in [0.15, 0.2) is 17.9 Å². The lowest BCUT2D eigenvalue weighted by molar-refractivity contribution is 0.102. The highest BCUT2D eigenvalue weighted by molar-refractivity contribution is 7.12. The summed E-state index contributed by atoms with van der Waals surface area (Å²) in [7, 11) is 0. The summed E-state index contributed by atoms with van der Waals surface area (Å²) < 4.78 is 5.11. The standard InChI is InChI=1S/C11H12N4O2S/c1-3-17-11-12-4-8(5-13-11)15-10(16)9-7(2)14-6-18-9/h4-6H,3H2,1-2H3,(H,15,16). The first-order valence-electron chi connectivity index (χ1n) is 5.37. The van der Waals surface area contributed by atoms with Gasteiger partial charge in [-0.2, -0.15) is 0 Å². The summed E-state index contributed by atoms with van der Waals surface area (Å²) in [6.45, 7) is 4.15. The summed E-state index contributed by atoms with van der Waals surface area (Å²) in [6, 6.07) is 0.296. The van der Waals surface area contributed by atoms with Gasteiger partial charge < -0.3 is 10.1 Å². The molecule has 0 aliphatic heterocycles. The molecule has 0 aliphatic rings. The highest BCUT2D eigenvalue weighted by Crippen LogP contribution is 2.15. The van der Waals surface area contributed by atoms with Gasteiger partial charge in [0.05, 0.1) is 35.9 Å². The van der Waals surface area contributed by atoms with Crippen molar-refractivity contribution in [1.82, 2.24) is 15.0 Å². The Balaban J connectivity index is 2.05. The van der Waals surface area contributed by atoms with Crippen molar-refractivity contribution in [3.8, 4) is 6.01 Å². The average molecular weight is 264 g/mol. The van der Waals surface area contributed by atoms with Gasteiger partial charge in [-0.05, 0) is 13.8 Å². The van der Waals surface area contributed by atoms with E-state index in [0.29, 0.717) is 28.9 Å². The number of rotatable bonds is 4. The number of carbonyl (C=O) groups is 1. The number of hydrogen-bond acceptors (Lipinski definition) is 6. The third-order valence-electron chi connectivity index (χ3n) is 2.11. The number of thiazole rings is 1. The van der Waals surface area contributed by atoms with Gasteiger partial charge in [0.2, 0.25) is 0 Å². The molecular formula is C11H12N4O2S. The molecule has 18 heavy (non-hydrogen) atoms. The summed E-state index contributed by atoms with van der Waals surface area (Å²) in [5.74, 6) is -0.206. The Morgan fingerprint density at radius 1 is 1.39 bits per heavy atom. The zero-order chi connectivity index (χ0) is 13.0. The van der Waals surface area contributed by atoms with E-state index >= 15 is 0 Å². The number of hydrogen-bond donors (Lipinski definition) is 1. The van der Waals surface area contributed by atoms with Crippen LogP contribution in [0.4, 0.5) is 5.69 Å². The quantitative estimate of drug-likeness (QED) is 0.912. The zero-order valence-corrected chi connectivity index (χ0v) is 10.8. The largest absolute Gasteiger partial charge is 0.464 e. The number of nitrogens with zero attached hydrogens (tertiary/aromatic N) is 3. The molecule has 0 aliphatic carbocycles. The molecule has 0 bridgehead atoms. The van der Waals surface area contributed by atoms with Crippen LogP contribution in [0.1, 0.15) is 22.3 Å². The Labute approximate surface area is 108 Å². The van der Waals surface area contributed by atoms with Gasteiger partial charge in [-0.1, -0.05) is 0 Å². The van der Waals surface area contributed by atoms with Gasteiger partial charge in [-0.3, -0.25) is 4.79 Å². The predicted octanol–water partition coefficient (Wildman–Crippen LogP) is 1.89. The smallest absolute Gasteiger partial charge is 0.316 e. The van der Waals surface area contributed by atoms with E-state index in [4.69, 9.17) is 4.74 Å². The number of ether oxygens (including phenoxy) is 1. The predicted molar refractivity (Wildman–Crippen MR) is 68.0 cm³/mol. The lowest BCUT2D eigenvalue weighted by atomic mass is 10.3. The first kappa shape index (κ1) is 12.4. The molecule has 2 rings (SSSR count). The molecule has 0 aromatic carbocycles. The van der Waals surface area contributed by atoms with Crippen LogP contribution in [0.3, 0.4) is 0 Å². The monoisotopic (exact) mass is 264 g/mol. The lowest BCUT2D eigenvalue weighted by Crippen LogP contribution is -2.12. The molecule has 0 saturated carbocycles. The number of anilines is 1. The summed E-state index contributed by atoms with van der Waals surface area (Å²) in [6.07, 6.45) is 3.01. The van der Waals surface area contributed by atoms with E-state index in [1.54, 1.807) is 12.4 Å². The molecule has 94 valence electrons. The molecule has 1 N–H and O–H groups in total. The normalized spacial score (nSPS) is 10.1. The number of amides is 1. The fraction of sp³-hybridized carbons (Fsp3) is 0.273. The highest BCUT2D eigenvalue weighted by atomic mass is 32.1. The Kier molecular flexibility index (Phi) is 3.83. The van der Waals surface area contributed by atoms with E-state index in [2.05, 4.69) is 20.3 Å². The van der Waals surface area contributed by atoms with Crippen LogP contribution in [0, 0.1) is 6.92 Å². The fourth-order valence-corrected chi connectivity index (χ4v) is 1.99. The molecule has 2 heterocycles. The molecule has 2 aromatic rings. The second kappa shape index (κ2) is 5.54. The molecule has 6 nitrogen and oxygen atoms in total. The third kappa shape index (κ3) is 2.80. The van der Waals surface area contributed by atoms with Crippen molar-refractivity contribution in [2.75, 3.05) is 11.9 Å². The van der Waals surface area contributed by atoms with E-state index in [9.17, 15) is 4.79 Å². The summed E-state index contributed by atoms with van der Waals surface area (Å²) in [4.78, 5) is 24.4. The van der Waals surface area contributed by atoms with Crippen molar-refractivity contribution in [2.45, 2.75) is 13.8 Å². The van der Waals surface area contributed by atoms with Crippen molar-refractivity contribution >= 4 is 22.9 Å². The van der Waals surface area contributed by atoms with Crippen LogP contribution in [0.5, 0.6) is 6.01 Å². The zero-order valence-electron chi connectivity index (χ0n) is 10.0. The van der Waals surface area contributed by atoms with Gasteiger partial charge in [0.1, 0.15) is 4.88 Å². The van der Waals surface area contributed by atoms with E-state index in [0.717, 1.165) is 0 Å². The minimum absolute atomic E-state index is 0.206. The molecular weight excluding hydrogens is 252 g/mol. The maximum atomic E-state index is 11.9. The Morgan fingerprint density at radius 2 is 2.11 bits per heavy atom. The molecule has 0 spiro atoms. The summed E-state index contributed by atoms with van der Waals surface area (Å²) >= 11 is 1.30. The van der Waals surface area contributed by atoms with Crippen LogP contribution >= 0.6 is 11.3 Å². The molecule has 2 aromatic heterocycles. The molecule has 0 radical (unpaired) electrons. The maximum absolute atomic E-state index is 11.9. The van der Waals surface area contributed by atoms with E-state index in [1.165, 1.54) is 23.7 Å². The van der Waals surface area contributed by atoms with Crippen molar-refractivity contribution in [2.24, 2.45) is 0 Å². The van der Waals surface area contributed by atoms with Crippen LogP contribution in [0.2, 0.25) is 0 Å². The van der Waals surface area contributed by atoms with Gasteiger partial charge >= 0.3 is 6.01 Å². The SMILES string of the molecule is CCOc1ncc(NC(=O)c2scnc2C)cn1. The van der Waals surface area contributed by atoms with Gasteiger partial charge in [-0.25, -0.2) is 15.0 Å². The minimum Gasteiger partial charge on any atom is -0.464 e. The lowest BCUT2D eigenvalue weighted by Gasteiger charge is -2.04. The molecule has 1 amide bonds. The van der Waals surface area contributed by atoms with E-state index in [1.807, 2.05) is 6.92 Å². The number of aryl methyl sites for hydroxylation is 1. The van der Waals surface area contributed by atoms with Crippen molar-refractivity contribution in [3.05, 3.63) is 28.5 Å². The first-order chi connectivity index (χ1) is 8.70. The van der Waals surface area contributed by atoms with Crippen molar-refractivity contribution in [1.29, 1.82) is 0 Å².